The zero-order valence-corrected chi connectivity index (χ0v) is 16.0. The van der Waals surface area contributed by atoms with Crippen LogP contribution in [0.2, 0.25) is 0 Å². The molecule has 1 aromatic carbocycles. The number of furan rings is 1. The number of benzene rings is 1. The monoisotopic (exact) mass is 382 g/mol. The van der Waals surface area contributed by atoms with E-state index in [1.807, 2.05) is 18.2 Å². The molecule has 4 N–H and O–H groups in total. The smallest absolute Gasteiger partial charge is 0.284 e. The van der Waals surface area contributed by atoms with Crippen molar-refractivity contribution in [2.24, 2.45) is 10.7 Å². The molecular formula is C21H26N4O3. The summed E-state index contributed by atoms with van der Waals surface area (Å²) in [4.78, 5) is 15.5. The number of carbonyl (C=O) groups is 1. The summed E-state index contributed by atoms with van der Waals surface area (Å²) in [6.07, 6.45) is 5.52. The highest BCUT2D eigenvalue weighted by atomic mass is 16.5. The first kappa shape index (κ1) is 18.4. The van der Waals surface area contributed by atoms with Crippen molar-refractivity contribution in [1.82, 2.24) is 10.6 Å². The van der Waals surface area contributed by atoms with Gasteiger partial charge in [0.1, 0.15) is 17.1 Å². The third-order valence-corrected chi connectivity index (χ3v) is 5.58. The number of nitrogens with zero attached hydrogens (tertiary/aromatic N) is 1. The summed E-state index contributed by atoms with van der Waals surface area (Å²) in [5.74, 6) is 1.83. The molecule has 7 nitrogen and oxygen atoms in total. The average Bonchev–Trinajstić information content (AvgIpc) is 3.35. The Labute approximate surface area is 164 Å². The third kappa shape index (κ3) is 3.69. The van der Waals surface area contributed by atoms with Gasteiger partial charge in [-0.3, -0.25) is 9.79 Å². The van der Waals surface area contributed by atoms with Gasteiger partial charge in [0.05, 0.1) is 12.6 Å². The van der Waals surface area contributed by atoms with Gasteiger partial charge >= 0.3 is 0 Å². The second-order valence-corrected chi connectivity index (χ2v) is 7.49. The Morgan fingerprint density at radius 3 is 2.75 bits per heavy atom. The number of primary amides is 1. The fourth-order valence-corrected chi connectivity index (χ4v) is 4.21. The second-order valence-electron chi connectivity index (χ2n) is 7.49. The van der Waals surface area contributed by atoms with E-state index in [9.17, 15) is 4.79 Å². The molecule has 1 spiro atoms. The number of nitrogens with two attached hydrogens (primary N) is 1. The van der Waals surface area contributed by atoms with Crippen LogP contribution in [0.1, 0.15) is 60.0 Å². The molecule has 1 aromatic heterocycles. The molecule has 1 fully saturated rings. The minimum atomic E-state index is -0.575. The van der Waals surface area contributed by atoms with Crippen LogP contribution in [0.15, 0.2) is 45.8 Å². The Bertz CT molecular complexity index is 883. The molecule has 0 bridgehead atoms. The number of ether oxygens (including phenoxy) is 1. The maximum atomic E-state index is 11.2. The summed E-state index contributed by atoms with van der Waals surface area (Å²) >= 11 is 0. The summed E-state index contributed by atoms with van der Waals surface area (Å²) in [7, 11) is 1.74. The zero-order chi connectivity index (χ0) is 19.6. The van der Waals surface area contributed by atoms with E-state index in [4.69, 9.17) is 14.9 Å². The molecule has 1 amide bonds. The number of carbonyl (C=O) groups excluding carboxylic acids is 1. The van der Waals surface area contributed by atoms with E-state index in [-0.39, 0.29) is 17.4 Å². The van der Waals surface area contributed by atoms with Crippen molar-refractivity contribution in [3.8, 4) is 5.75 Å². The molecule has 2 aromatic rings. The first-order chi connectivity index (χ1) is 13.6. The predicted molar refractivity (Wildman–Crippen MR) is 106 cm³/mol. The number of hydrogen-bond acceptors (Lipinski definition) is 4. The van der Waals surface area contributed by atoms with Gasteiger partial charge in [0.2, 0.25) is 0 Å². The van der Waals surface area contributed by atoms with Crippen LogP contribution >= 0.6 is 0 Å². The van der Waals surface area contributed by atoms with Crippen LogP contribution in [-0.2, 0) is 6.54 Å². The number of fused-ring (bicyclic) bond motifs is 1. The fourth-order valence-electron chi connectivity index (χ4n) is 4.21. The number of para-hydroxylation sites is 1. The van der Waals surface area contributed by atoms with Gasteiger partial charge in [-0.1, -0.05) is 18.2 Å². The molecule has 0 saturated heterocycles. The highest BCUT2D eigenvalue weighted by Gasteiger charge is 2.43. The fraction of sp³-hybridized carbons (Fsp3) is 0.429. The highest BCUT2D eigenvalue weighted by Crippen LogP contribution is 2.46. The van der Waals surface area contributed by atoms with E-state index >= 15 is 0 Å². The molecule has 1 atom stereocenters. The van der Waals surface area contributed by atoms with Gasteiger partial charge in [-0.25, -0.2) is 0 Å². The summed E-state index contributed by atoms with van der Waals surface area (Å²) in [6.45, 7) is 0.406. The molecule has 7 heteroatoms. The summed E-state index contributed by atoms with van der Waals surface area (Å²) in [6, 6.07) is 11.6. The van der Waals surface area contributed by atoms with Crippen molar-refractivity contribution < 1.29 is 13.9 Å². The molecule has 1 saturated carbocycles. The lowest BCUT2D eigenvalue weighted by atomic mass is 9.86. The van der Waals surface area contributed by atoms with Crippen LogP contribution in [0, 0.1) is 0 Å². The lowest BCUT2D eigenvalue weighted by Gasteiger charge is -2.40. The van der Waals surface area contributed by atoms with E-state index in [2.05, 4.69) is 21.7 Å². The lowest BCUT2D eigenvalue weighted by Crippen LogP contribution is -2.46. The van der Waals surface area contributed by atoms with Crippen molar-refractivity contribution in [2.45, 2.75) is 50.3 Å². The predicted octanol–water partition coefficient (Wildman–Crippen LogP) is 2.88. The van der Waals surface area contributed by atoms with Crippen LogP contribution in [0.5, 0.6) is 5.75 Å². The third-order valence-electron chi connectivity index (χ3n) is 5.58. The van der Waals surface area contributed by atoms with Crippen LogP contribution in [0.25, 0.3) is 0 Å². The van der Waals surface area contributed by atoms with Gasteiger partial charge in [-0.2, -0.15) is 0 Å². The highest BCUT2D eigenvalue weighted by molar-refractivity contribution is 5.89. The first-order valence-electron chi connectivity index (χ1n) is 9.72. The van der Waals surface area contributed by atoms with Gasteiger partial charge in [0.15, 0.2) is 11.7 Å². The lowest BCUT2D eigenvalue weighted by molar-refractivity contribution is 0.0396. The summed E-state index contributed by atoms with van der Waals surface area (Å²) in [5.41, 5.74) is 6.30. The van der Waals surface area contributed by atoms with Crippen LogP contribution in [0.3, 0.4) is 0 Å². The van der Waals surface area contributed by atoms with Crippen molar-refractivity contribution >= 4 is 11.9 Å². The maximum absolute atomic E-state index is 11.2. The number of guanidine groups is 1. The molecular weight excluding hydrogens is 356 g/mol. The second kappa shape index (κ2) is 7.58. The van der Waals surface area contributed by atoms with Gasteiger partial charge in [-0.15, -0.1) is 0 Å². The van der Waals surface area contributed by atoms with Gasteiger partial charge in [0, 0.05) is 19.0 Å². The average molecular weight is 382 g/mol. The molecule has 0 radical (unpaired) electrons. The maximum Gasteiger partial charge on any atom is 0.284 e. The minimum absolute atomic E-state index is 0.0811. The molecule has 2 aliphatic rings. The Morgan fingerprint density at radius 2 is 2.04 bits per heavy atom. The minimum Gasteiger partial charge on any atom is -0.487 e. The number of amides is 1. The van der Waals surface area contributed by atoms with Crippen molar-refractivity contribution in [3.63, 3.8) is 0 Å². The SMILES string of the molecule is CN=C(NCc1ccc(C(N)=O)o1)NC1CC2(CCCC2)Oc2ccccc21. The van der Waals surface area contributed by atoms with Gasteiger partial charge in [-0.05, 0) is 43.9 Å². The Hall–Kier alpha value is -2.96. The quantitative estimate of drug-likeness (QED) is 0.557. The Balaban J connectivity index is 1.47. The van der Waals surface area contributed by atoms with Crippen molar-refractivity contribution in [1.29, 1.82) is 0 Å². The van der Waals surface area contributed by atoms with E-state index in [1.165, 1.54) is 12.8 Å². The zero-order valence-electron chi connectivity index (χ0n) is 16.0. The number of aliphatic imine (C=N–C) groups is 1. The Morgan fingerprint density at radius 1 is 1.25 bits per heavy atom. The summed E-state index contributed by atoms with van der Waals surface area (Å²) in [5, 5.41) is 6.79. The molecule has 148 valence electrons. The Kier molecular flexibility index (Phi) is 4.98. The van der Waals surface area contributed by atoms with E-state index in [1.54, 1.807) is 19.2 Å². The van der Waals surface area contributed by atoms with E-state index in [0.29, 0.717) is 18.3 Å². The van der Waals surface area contributed by atoms with Crippen LogP contribution in [0.4, 0.5) is 0 Å². The van der Waals surface area contributed by atoms with Gasteiger partial charge in [0.25, 0.3) is 5.91 Å². The standard InChI is InChI=1S/C21H26N4O3/c1-23-20(24-13-14-8-9-18(27-14)19(22)26)25-16-12-21(10-4-5-11-21)28-17-7-3-2-6-15(16)17/h2-3,6-9,16H,4-5,10-13H2,1H3,(H2,22,26)(H2,23,24,25). The molecule has 2 heterocycles. The molecule has 4 rings (SSSR count). The molecule has 1 aliphatic carbocycles. The van der Waals surface area contributed by atoms with Crippen molar-refractivity contribution in [2.75, 3.05) is 7.05 Å². The van der Waals surface area contributed by atoms with Crippen LogP contribution in [-0.4, -0.2) is 24.5 Å². The van der Waals surface area contributed by atoms with Crippen molar-refractivity contribution in [3.05, 3.63) is 53.5 Å². The largest absolute Gasteiger partial charge is 0.487 e. The number of nitrogens with one attached hydrogen (secondary N) is 2. The molecule has 1 aliphatic heterocycles. The molecule has 28 heavy (non-hydrogen) atoms. The first-order valence-corrected chi connectivity index (χ1v) is 9.72. The topological polar surface area (TPSA) is 102 Å². The normalized spacial score (nSPS) is 20.5. The van der Waals surface area contributed by atoms with Gasteiger partial charge < -0.3 is 25.5 Å². The van der Waals surface area contributed by atoms with E-state index < -0.39 is 5.91 Å². The molecule has 1 unspecified atom stereocenters. The summed E-state index contributed by atoms with van der Waals surface area (Å²) < 4.78 is 11.8. The number of hydrogen-bond donors (Lipinski definition) is 3. The van der Waals surface area contributed by atoms with E-state index in [0.717, 1.165) is 30.6 Å². The number of rotatable bonds is 4. The van der Waals surface area contributed by atoms with Crippen LogP contribution < -0.4 is 21.1 Å².